The van der Waals surface area contributed by atoms with E-state index in [0.717, 1.165) is 18.4 Å². The van der Waals surface area contributed by atoms with Gasteiger partial charge in [0.25, 0.3) is 0 Å². The van der Waals surface area contributed by atoms with Gasteiger partial charge in [-0.15, -0.1) is 0 Å². The first-order valence-electron chi connectivity index (χ1n) is 10.3. The lowest BCUT2D eigenvalue weighted by Gasteiger charge is -2.33. The summed E-state index contributed by atoms with van der Waals surface area (Å²) in [5.74, 6) is 1.70. The number of aromatic nitrogens is 2. The smallest absolute Gasteiger partial charge is 0.319 e. The molecule has 2 N–H and O–H groups in total. The lowest BCUT2D eigenvalue weighted by atomic mass is 10.1. The van der Waals surface area contributed by atoms with Crippen molar-refractivity contribution in [1.29, 1.82) is 0 Å². The number of nitrogens with zero attached hydrogens (tertiary/aromatic N) is 3. The molecule has 1 aromatic carbocycles. The van der Waals surface area contributed by atoms with Crippen molar-refractivity contribution in [3.05, 3.63) is 70.6 Å². The average molecular weight is 472 g/mol. The fourth-order valence-electron chi connectivity index (χ4n) is 3.55. The van der Waals surface area contributed by atoms with E-state index in [1.165, 1.54) is 0 Å². The van der Waals surface area contributed by atoms with E-state index < -0.39 is 0 Å². The van der Waals surface area contributed by atoms with Crippen LogP contribution in [0.4, 0.5) is 16.3 Å². The molecule has 1 aliphatic rings. The third-order valence-electron chi connectivity index (χ3n) is 5.19. The molecule has 7 nitrogen and oxygen atoms in total. The maximum Gasteiger partial charge on any atom is 0.319 e. The Kier molecular flexibility index (Phi) is 6.97. The Morgan fingerprint density at radius 1 is 1.12 bits per heavy atom. The number of aryl methyl sites for hydroxylation is 1. The zero-order valence-corrected chi connectivity index (χ0v) is 19.0. The van der Waals surface area contributed by atoms with Crippen molar-refractivity contribution in [2.45, 2.75) is 25.8 Å². The number of ether oxygens (including phenoxy) is 1. The molecule has 0 spiro atoms. The summed E-state index contributed by atoms with van der Waals surface area (Å²) in [5, 5.41) is 6.76. The number of benzene rings is 1. The summed E-state index contributed by atoms with van der Waals surface area (Å²) in [7, 11) is 0. The van der Waals surface area contributed by atoms with E-state index in [4.69, 9.17) is 27.9 Å². The van der Waals surface area contributed by atoms with Gasteiger partial charge in [-0.2, -0.15) is 0 Å². The van der Waals surface area contributed by atoms with Crippen molar-refractivity contribution in [1.82, 2.24) is 15.3 Å². The first-order valence-corrected chi connectivity index (χ1v) is 11.1. The predicted octanol–water partition coefficient (Wildman–Crippen LogP) is 5.67. The highest BCUT2D eigenvalue weighted by Gasteiger charge is 2.24. The van der Waals surface area contributed by atoms with Crippen LogP contribution in [-0.4, -0.2) is 35.1 Å². The summed E-state index contributed by atoms with van der Waals surface area (Å²) in [4.78, 5) is 22.8. The summed E-state index contributed by atoms with van der Waals surface area (Å²) in [6, 6.07) is 10.7. The third kappa shape index (κ3) is 5.41. The summed E-state index contributed by atoms with van der Waals surface area (Å²) < 4.78 is 5.96. The summed E-state index contributed by atoms with van der Waals surface area (Å²) >= 11 is 12.9. The molecule has 0 radical (unpaired) electrons. The number of urea groups is 1. The molecule has 0 bridgehead atoms. The van der Waals surface area contributed by atoms with Crippen molar-refractivity contribution in [2.75, 3.05) is 23.3 Å². The van der Waals surface area contributed by atoms with Gasteiger partial charge in [-0.05, 0) is 49.6 Å². The number of halogens is 2. The van der Waals surface area contributed by atoms with Crippen LogP contribution in [0, 0.1) is 6.92 Å². The van der Waals surface area contributed by atoms with Gasteiger partial charge in [0.05, 0.1) is 16.9 Å². The van der Waals surface area contributed by atoms with Gasteiger partial charge < -0.3 is 20.3 Å². The number of carbonyl (C=O) groups excluding carboxylic acids is 1. The van der Waals surface area contributed by atoms with E-state index in [2.05, 4.69) is 25.5 Å². The number of hydrogen-bond acceptors (Lipinski definition) is 5. The van der Waals surface area contributed by atoms with Gasteiger partial charge in [-0.25, -0.2) is 9.78 Å². The Morgan fingerprint density at radius 3 is 2.66 bits per heavy atom. The molecule has 1 aliphatic heterocycles. The van der Waals surface area contributed by atoms with Crippen LogP contribution in [-0.2, 0) is 0 Å². The van der Waals surface area contributed by atoms with Gasteiger partial charge in [-0.1, -0.05) is 29.3 Å². The topological polar surface area (TPSA) is 79.4 Å². The van der Waals surface area contributed by atoms with E-state index in [-0.39, 0.29) is 12.1 Å². The van der Waals surface area contributed by atoms with Crippen LogP contribution < -0.4 is 20.3 Å². The summed E-state index contributed by atoms with van der Waals surface area (Å²) in [6.07, 6.45) is 6.48. The molecule has 9 heteroatoms. The predicted molar refractivity (Wildman–Crippen MR) is 127 cm³/mol. The number of anilines is 2. The quantitative estimate of drug-likeness (QED) is 0.500. The van der Waals surface area contributed by atoms with Gasteiger partial charge in [-0.3, -0.25) is 4.98 Å². The van der Waals surface area contributed by atoms with Gasteiger partial charge in [0, 0.05) is 37.6 Å². The summed E-state index contributed by atoms with van der Waals surface area (Å²) in [5.41, 5.74) is 1.71. The SMILES string of the molecule is Cc1ccc(Oc2ccnc(N3CCC(NC(=O)Nc4cccnc4)CC3)c2Cl)c(Cl)c1. The van der Waals surface area contributed by atoms with Crippen LogP contribution >= 0.6 is 23.2 Å². The van der Waals surface area contributed by atoms with Crippen LogP contribution in [0.1, 0.15) is 18.4 Å². The monoisotopic (exact) mass is 471 g/mol. The molecule has 4 rings (SSSR count). The van der Waals surface area contributed by atoms with Gasteiger partial charge in [0.15, 0.2) is 11.6 Å². The molecule has 1 saturated heterocycles. The minimum Gasteiger partial charge on any atom is -0.454 e. The Bertz CT molecular complexity index is 1090. The Morgan fingerprint density at radius 2 is 1.94 bits per heavy atom. The van der Waals surface area contributed by atoms with E-state index in [1.807, 2.05) is 25.1 Å². The first kappa shape index (κ1) is 22.2. The van der Waals surface area contributed by atoms with Crippen LogP contribution in [0.15, 0.2) is 55.0 Å². The van der Waals surface area contributed by atoms with Crippen LogP contribution in [0.25, 0.3) is 0 Å². The number of hydrogen-bond donors (Lipinski definition) is 2. The highest BCUT2D eigenvalue weighted by molar-refractivity contribution is 6.34. The van der Waals surface area contributed by atoms with Crippen molar-refractivity contribution < 1.29 is 9.53 Å². The number of rotatable bonds is 5. The minimum absolute atomic E-state index is 0.0625. The lowest BCUT2D eigenvalue weighted by molar-refractivity contribution is 0.246. The van der Waals surface area contributed by atoms with Gasteiger partial charge in [0.1, 0.15) is 10.8 Å². The summed E-state index contributed by atoms with van der Waals surface area (Å²) in [6.45, 7) is 3.38. The van der Waals surface area contributed by atoms with E-state index in [0.29, 0.717) is 46.1 Å². The van der Waals surface area contributed by atoms with Crippen LogP contribution in [0.3, 0.4) is 0 Å². The Hall–Kier alpha value is -3.03. The Balaban J connectivity index is 1.36. The molecule has 32 heavy (non-hydrogen) atoms. The zero-order chi connectivity index (χ0) is 22.5. The molecule has 2 aromatic heterocycles. The second kappa shape index (κ2) is 10.1. The molecule has 3 heterocycles. The van der Waals surface area contributed by atoms with Crippen LogP contribution in [0.2, 0.25) is 10.0 Å². The van der Waals surface area contributed by atoms with Gasteiger partial charge >= 0.3 is 6.03 Å². The molecular formula is C23H23Cl2N5O2. The average Bonchev–Trinajstić information content (AvgIpc) is 2.78. The van der Waals surface area contributed by atoms with Crippen LogP contribution in [0.5, 0.6) is 11.5 Å². The molecule has 2 amide bonds. The Labute approximate surface area is 196 Å². The molecule has 0 atom stereocenters. The highest BCUT2D eigenvalue weighted by atomic mass is 35.5. The number of pyridine rings is 2. The molecule has 3 aromatic rings. The highest BCUT2D eigenvalue weighted by Crippen LogP contribution is 2.38. The van der Waals surface area contributed by atoms with Gasteiger partial charge in [0.2, 0.25) is 0 Å². The van der Waals surface area contributed by atoms with E-state index in [1.54, 1.807) is 36.8 Å². The molecule has 0 saturated carbocycles. The fraction of sp³-hybridized carbons (Fsp3) is 0.261. The lowest BCUT2D eigenvalue weighted by Crippen LogP contribution is -2.46. The number of nitrogens with one attached hydrogen (secondary N) is 2. The molecule has 0 aliphatic carbocycles. The standard InChI is InChI=1S/C23H23Cl2N5O2/c1-15-4-5-19(18(24)13-15)32-20-6-10-27-22(21(20)25)30-11-7-16(8-12-30)28-23(31)29-17-3-2-9-26-14-17/h2-6,9-10,13-14,16H,7-8,11-12H2,1H3,(H2,28,29,31). The van der Waals surface area contributed by atoms with Crippen molar-refractivity contribution in [2.24, 2.45) is 0 Å². The largest absolute Gasteiger partial charge is 0.454 e. The first-order chi connectivity index (χ1) is 15.5. The second-order valence-corrected chi connectivity index (χ2v) is 8.37. The number of amides is 2. The molecule has 166 valence electrons. The number of piperidine rings is 1. The number of carbonyl (C=O) groups is 1. The van der Waals surface area contributed by atoms with E-state index >= 15 is 0 Å². The zero-order valence-electron chi connectivity index (χ0n) is 17.5. The molecular weight excluding hydrogens is 449 g/mol. The molecule has 0 unspecified atom stereocenters. The van der Waals surface area contributed by atoms with Crippen molar-refractivity contribution >= 4 is 40.7 Å². The van der Waals surface area contributed by atoms with E-state index in [9.17, 15) is 4.79 Å². The maximum absolute atomic E-state index is 12.2. The fourth-order valence-corrected chi connectivity index (χ4v) is 4.09. The van der Waals surface area contributed by atoms with Crippen molar-refractivity contribution in [3.63, 3.8) is 0 Å². The second-order valence-electron chi connectivity index (χ2n) is 7.58. The maximum atomic E-state index is 12.2. The minimum atomic E-state index is -0.238. The normalized spacial score (nSPS) is 14.2. The molecule has 1 fully saturated rings. The van der Waals surface area contributed by atoms with Crippen molar-refractivity contribution in [3.8, 4) is 11.5 Å². The third-order valence-corrected chi connectivity index (χ3v) is 5.84.